The summed E-state index contributed by atoms with van der Waals surface area (Å²) in [6.07, 6.45) is 0. The van der Waals surface area contributed by atoms with Crippen molar-refractivity contribution in [1.29, 1.82) is 0 Å². The summed E-state index contributed by atoms with van der Waals surface area (Å²) in [5.74, 6) is 1.71. The van der Waals surface area contributed by atoms with E-state index in [4.69, 9.17) is 9.97 Å². The molecule has 0 bridgehead atoms. The summed E-state index contributed by atoms with van der Waals surface area (Å²) in [5, 5.41) is 3.53. The maximum absolute atomic E-state index is 4.82. The molecule has 1 unspecified atom stereocenters. The highest BCUT2D eigenvalue weighted by atomic mass is 15.3. The Balaban J connectivity index is 1.39. The van der Waals surface area contributed by atoms with Gasteiger partial charge in [0.2, 0.25) is 5.95 Å². The van der Waals surface area contributed by atoms with Crippen molar-refractivity contribution in [3.05, 3.63) is 83.6 Å². The van der Waals surface area contributed by atoms with Crippen molar-refractivity contribution in [2.24, 2.45) is 0 Å². The van der Waals surface area contributed by atoms with E-state index in [1.54, 1.807) is 0 Å². The molecule has 1 fully saturated rings. The van der Waals surface area contributed by atoms with Gasteiger partial charge in [0.1, 0.15) is 5.82 Å². The summed E-state index contributed by atoms with van der Waals surface area (Å²) in [5.41, 5.74) is 3.61. The van der Waals surface area contributed by atoms with E-state index >= 15 is 0 Å². The number of hydrogen-bond acceptors (Lipinski definition) is 5. The van der Waals surface area contributed by atoms with E-state index in [0.29, 0.717) is 0 Å². The first-order valence-corrected chi connectivity index (χ1v) is 10.4. The quantitative estimate of drug-likeness (QED) is 0.684. The van der Waals surface area contributed by atoms with Crippen LogP contribution in [0.25, 0.3) is 0 Å². The number of hydrogen-bond donors (Lipinski definition) is 1. The monoisotopic (exact) mass is 387 g/mol. The first kappa shape index (κ1) is 19.4. The maximum atomic E-state index is 4.82. The SMILES string of the molecule is Cc1cc(NC(C)c2ccccc2)nc(N2CCN(Cc3ccccc3)CC2)n1. The lowest BCUT2D eigenvalue weighted by atomic mass is 10.1. The van der Waals surface area contributed by atoms with Crippen molar-refractivity contribution in [2.45, 2.75) is 26.4 Å². The van der Waals surface area contributed by atoms with Crippen LogP contribution in [0.15, 0.2) is 66.7 Å². The van der Waals surface area contributed by atoms with Gasteiger partial charge in [-0.3, -0.25) is 4.90 Å². The standard InChI is InChI=1S/C24H29N5/c1-19-17-23(26-20(2)22-11-7-4-8-12-22)27-24(25-19)29-15-13-28(14-16-29)18-21-9-5-3-6-10-21/h3-12,17,20H,13-16,18H2,1-2H3,(H,25,26,27). The maximum Gasteiger partial charge on any atom is 0.227 e. The number of nitrogens with zero attached hydrogens (tertiary/aromatic N) is 4. The minimum atomic E-state index is 0.195. The van der Waals surface area contributed by atoms with E-state index in [0.717, 1.165) is 50.2 Å². The second kappa shape index (κ2) is 9.05. The number of aromatic nitrogens is 2. The fourth-order valence-electron chi connectivity index (χ4n) is 3.76. The number of benzene rings is 2. The van der Waals surface area contributed by atoms with Gasteiger partial charge in [-0.1, -0.05) is 60.7 Å². The molecule has 1 aromatic heterocycles. The average molecular weight is 388 g/mol. The van der Waals surface area contributed by atoms with E-state index in [2.05, 4.69) is 76.6 Å². The minimum Gasteiger partial charge on any atom is -0.363 e. The second-order valence-corrected chi connectivity index (χ2v) is 7.72. The van der Waals surface area contributed by atoms with Crippen LogP contribution in [0.2, 0.25) is 0 Å². The van der Waals surface area contributed by atoms with Gasteiger partial charge in [-0.2, -0.15) is 4.98 Å². The van der Waals surface area contributed by atoms with Crippen LogP contribution in [-0.2, 0) is 6.54 Å². The Bertz CT molecular complexity index is 905. The van der Waals surface area contributed by atoms with Crippen LogP contribution in [0.3, 0.4) is 0 Å². The lowest BCUT2D eigenvalue weighted by Crippen LogP contribution is -2.46. The molecule has 0 amide bonds. The molecule has 1 aliphatic rings. The van der Waals surface area contributed by atoms with E-state index in [9.17, 15) is 0 Å². The van der Waals surface area contributed by atoms with Gasteiger partial charge < -0.3 is 10.2 Å². The Morgan fingerprint density at radius 1 is 0.897 bits per heavy atom. The van der Waals surface area contributed by atoms with Crippen LogP contribution in [-0.4, -0.2) is 41.0 Å². The fraction of sp³-hybridized carbons (Fsp3) is 0.333. The molecule has 29 heavy (non-hydrogen) atoms. The molecular weight excluding hydrogens is 358 g/mol. The molecule has 0 radical (unpaired) electrons. The molecule has 5 heteroatoms. The molecule has 2 aromatic carbocycles. The van der Waals surface area contributed by atoms with Crippen LogP contribution in [0.5, 0.6) is 0 Å². The molecule has 0 aliphatic carbocycles. The van der Waals surface area contributed by atoms with Gasteiger partial charge in [0, 0.05) is 50.5 Å². The fourth-order valence-corrected chi connectivity index (χ4v) is 3.76. The Kier molecular flexibility index (Phi) is 6.06. The third-order valence-corrected chi connectivity index (χ3v) is 5.41. The highest BCUT2D eigenvalue weighted by Gasteiger charge is 2.20. The highest BCUT2D eigenvalue weighted by molar-refractivity contribution is 5.45. The Labute approximate surface area is 173 Å². The van der Waals surface area contributed by atoms with Gasteiger partial charge in [-0.25, -0.2) is 4.98 Å². The predicted molar refractivity (Wildman–Crippen MR) is 119 cm³/mol. The predicted octanol–water partition coefficient (Wildman–Crippen LogP) is 4.28. The first-order chi connectivity index (χ1) is 14.2. The second-order valence-electron chi connectivity index (χ2n) is 7.72. The molecule has 1 atom stereocenters. The van der Waals surface area contributed by atoms with Crippen LogP contribution in [0.1, 0.15) is 29.8 Å². The topological polar surface area (TPSA) is 44.3 Å². The van der Waals surface area contributed by atoms with Crippen LogP contribution in [0, 0.1) is 6.92 Å². The molecule has 150 valence electrons. The zero-order valence-corrected chi connectivity index (χ0v) is 17.3. The van der Waals surface area contributed by atoms with E-state index in [-0.39, 0.29) is 6.04 Å². The zero-order valence-electron chi connectivity index (χ0n) is 17.3. The summed E-state index contributed by atoms with van der Waals surface area (Å²) in [7, 11) is 0. The lowest BCUT2D eigenvalue weighted by molar-refractivity contribution is 0.248. The molecule has 1 N–H and O–H groups in total. The molecule has 3 aromatic rings. The number of nitrogens with one attached hydrogen (secondary N) is 1. The van der Waals surface area contributed by atoms with E-state index < -0.39 is 0 Å². The normalized spacial score (nSPS) is 15.9. The van der Waals surface area contributed by atoms with E-state index in [1.165, 1.54) is 11.1 Å². The molecule has 1 aliphatic heterocycles. The number of aryl methyl sites for hydroxylation is 1. The van der Waals surface area contributed by atoms with E-state index in [1.807, 2.05) is 19.1 Å². The van der Waals surface area contributed by atoms with Crippen molar-refractivity contribution in [1.82, 2.24) is 14.9 Å². The Hall–Kier alpha value is -2.92. The molecule has 5 nitrogen and oxygen atoms in total. The summed E-state index contributed by atoms with van der Waals surface area (Å²) in [4.78, 5) is 14.3. The average Bonchev–Trinajstić information content (AvgIpc) is 2.75. The highest BCUT2D eigenvalue weighted by Crippen LogP contribution is 2.21. The third-order valence-electron chi connectivity index (χ3n) is 5.41. The number of piperazine rings is 1. The van der Waals surface area contributed by atoms with Gasteiger partial charge >= 0.3 is 0 Å². The van der Waals surface area contributed by atoms with Crippen LogP contribution < -0.4 is 10.2 Å². The van der Waals surface area contributed by atoms with Gasteiger partial charge in [0.15, 0.2) is 0 Å². The zero-order chi connectivity index (χ0) is 20.1. The Morgan fingerprint density at radius 2 is 1.55 bits per heavy atom. The minimum absolute atomic E-state index is 0.195. The molecule has 1 saturated heterocycles. The smallest absolute Gasteiger partial charge is 0.227 e. The molecule has 0 saturated carbocycles. The number of rotatable bonds is 6. The summed E-state index contributed by atoms with van der Waals surface area (Å²) in [6.45, 7) is 9.15. The molecular formula is C24H29N5. The van der Waals surface area contributed by atoms with Gasteiger partial charge in [0.25, 0.3) is 0 Å². The molecule has 2 heterocycles. The summed E-state index contributed by atoms with van der Waals surface area (Å²) in [6, 6.07) is 23.4. The molecule has 0 spiro atoms. The summed E-state index contributed by atoms with van der Waals surface area (Å²) >= 11 is 0. The lowest BCUT2D eigenvalue weighted by Gasteiger charge is -2.35. The van der Waals surface area contributed by atoms with Crippen molar-refractivity contribution in [3.8, 4) is 0 Å². The largest absolute Gasteiger partial charge is 0.363 e. The Morgan fingerprint density at radius 3 is 2.24 bits per heavy atom. The van der Waals surface area contributed by atoms with Gasteiger partial charge in [-0.15, -0.1) is 0 Å². The van der Waals surface area contributed by atoms with Crippen molar-refractivity contribution >= 4 is 11.8 Å². The van der Waals surface area contributed by atoms with Crippen molar-refractivity contribution in [2.75, 3.05) is 36.4 Å². The van der Waals surface area contributed by atoms with Gasteiger partial charge in [-0.05, 0) is 25.0 Å². The van der Waals surface area contributed by atoms with Gasteiger partial charge in [0.05, 0.1) is 0 Å². The number of anilines is 2. The summed E-state index contributed by atoms with van der Waals surface area (Å²) < 4.78 is 0. The van der Waals surface area contributed by atoms with Crippen LogP contribution >= 0.6 is 0 Å². The van der Waals surface area contributed by atoms with Crippen molar-refractivity contribution < 1.29 is 0 Å². The molecule has 4 rings (SSSR count). The van der Waals surface area contributed by atoms with Crippen molar-refractivity contribution in [3.63, 3.8) is 0 Å². The van der Waals surface area contributed by atoms with Crippen LogP contribution in [0.4, 0.5) is 11.8 Å². The third kappa shape index (κ3) is 5.12. The first-order valence-electron chi connectivity index (χ1n) is 10.4.